The standard InChI is InChI=1S/C15H26N4O/c1-4-5-9-18-10-8-16-14(18)6-7-15(20)19-11-13(12-19)17(2)3/h8,10,13H,4-7,9,11-12H2,1-3H3. The normalized spacial score (nSPS) is 15.7. The number of carbonyl (C=O) groups is 1. The van der Waals surface area contributed by atoms with Crippen molar-refractivity contribution in [2.45, 2.75) is 45.2 Å². The summed E-state index contributed by atoms with van der Waals surface area (Å²) in [5.41, 5.74) is 0. The maximum Gasteiger partial charge on any atom is 0.223 e. The first-order chi connectivity index (χ1) is 9.61. The van der Waals surface area contributed by atoms with E-state index in [0.717, 1.165) is 38.3 Å². The number of aromatic nitrogens is 2. The van der Waals surface area contributed by atoms with Gasteiger partial charge in [0.2, 0.25) is 5.91 Å². The Bertz CT molecular complexity index is 435. The van der Waals surface area contributed by atoms with Crippen molar-refractivity contribution >= 4 is 5.91 Å². The van der Waals surface area contributed by atoms with Crippen LogP contribution in [-0.4, -0.2) is 58.5 Å². The molecule has 0 bridgehead atoms. The lowest BCUT2D eigenvalue weighted by molar-refractivity contribution is -0.137. The van der Waals surface area contributed by atoms with Gasteiger partial charge in [-0.05, 0) is 20.5 Å². The second-order valence-electron chi connectivity index (χ2n) is 5.81. The van der Waals surface area contributed by atoms with Crippen LogP contribution in [-0.2, 0) is 17.8 Å². The van der Waals surface area contributed by atoms with Crippen molar-refractivity contribution < 1.29 is 4.79 Å². The maximum absolute atomic E-state index is 12.1. The number of rotatable bonds is 7. The van der Waals surface area contributed by atoms with Gasteiger partial charge in [-0.1, -0.05) is 13.3 Å². The van der Waals surface area contributed by atoms with Crippen molar-refractivity contribution in [3.05, 3.63) is 18.2 Å². The van der Waals surface area contributed by atoms with Crippen molar-refractivity contribution in [1.82, 2.24) is 19.4 Å². The molecule has 0 N–H and O–H groups in total. The third-order valence-corrected chi connectivity index (χ3v) is 4.06. The van der Waals surface area contributed by atoms with Crippen LogP contribution in [0.2, 0.25) is 0 Å². The second-order valence-corrected chi connectivity index (χ2v) is 5.81. The molecule has 0 atom stereocenters. The molecule has 0 spiro atoms. The first-order valence-electron chi connectivity index (χ1n) is 7.56. The number of nitrogens with zero attached hydrogens (tertiary/aromatic N) is 4. The molecule has 5 nitrogen and oxygen atoms in total. The summed E-state index contributed by atoms with van der Waals surface area (Å²) in [5.74, 6) is 1.30. The average molecular weight is 278 g/mol. The highest BCUT2D eigenvalue weighted by Gasteiger charge is 2.31. The Morgan fingerprint density at radius 2 is 2.20 bits per heavy atom. The molecule has 20 heavy (non-hydrogen) atoms. The summed E-state index contributed by atoms with van der Waals surface area (Å²) < 4.78 is 2.18. The zero-order chi connectivity index (χ0) is 14.5. The van der Waals surface area contributed by atoms with Crippen LogP contribution in [0.1, 0.15) is 32.0 Å². The van der Waals surface area contributed by atoms with Gasteiger partial charge in [0.05, 0.1) is 0 Å². The predicted molar refractivity (Wildman–Crippen MR) is 79.5 cm³/mol. The lowest BCUT2D eigenvalue weighted by Crippen LogP contribution is -2.59. The second kappa shape index (κ2) is 6.88. The Morgan fingerprint density at radius 1 is 1.45 bits per heavy atom. The number of likely N-dealkylation sites (N-methyl/N-ethyl adjacent to an activating group) is 1. The van der Waals surface area contributed by atoms with Crippen molar-refractivity contribution in [3.63, 3.8) is 0 Å². The number of amides is 1. The molecule has 112 valence electrons. The Hall–Kier alpha value is -1.36. The van der Waals surface area contributed by atoms with Crippen LogP contribution in [0.4, 0.5) is 0 Å². The average Bonchev–Trinajstić information content (AvgIpc) is 2.78. The van der Waals surface area contributed by atoms with Crippen LogP contribution in [0.25, 0.3) is 0 Å². The summed E-state index contributed by atoms with van der Waals surface area (Å²) in [5, 5.41) is 0. The molecule has 0 aliphatic carbocycles. The molecule has 1 amide bonds. The fraction of sp³-hybridized carbons (Fsp3) is 0.733. The number of hydrogen-bond acceptors (Lipinski definition) is 3. The van der Waals surface area contributed by atoms with Crippen LogP contribution in [0.15, 0.2) is 12.4 Å². The van der Waals surface area contributed by atoms with E-state index < -0.39 is 0 Å². The number of aryl methyl sites for hydroxylation is 2. The molecular weight excluding hydrogens is 252 g/mol. The van der Waals surface area contributed by atoms with E-state index >= 15 is 0 Å². The monoisotopic (exact) mass is 278 g/mol. The molecule has 1 aliphatic rings. The van der Waals surface area contributed by atoms with Crippen LogP contribution in [0.3, 0.4) is 0 Å². The molecule has 2 rings (SSSR count). The van der Waals surface area contributed by atoms with Gasteiger partial charge in [-0.25, -0.2) is 4.98 Å². The predicted octanol–water partition coefficient (Wildman–Crippen LogP) is 1.39. The summed E-state index contributed by atoms with van der Waals surface area (Å²) >= 11 is 0. The van der Waals surface area contributed by atoms with E-state index in [0.29, 0.717) is 12.5 Å². The molecule has 0 aromatic carbocycles. The SMILES string of the molecule is CCCCn1ccnc1CCC(=O)N1CC(N(C)C)C1. The van der Waals surface area contributed by atoms with Gasteiger partial charge in [0.25, 0.3) is 0 Å². The Morgan fingerprint density at radius 3 is 2.85 bits per heavy atom. The summed E-state index contributed by atoms with van der Waals surface area (Å²) in [6.45, 7) is 4.93. The third kappa shape index (κ3) is 3.60. The van der Waals surface area contributed by atoms with Crippen molar-refractivity contribution in [2.24, 2.45) is 0 Å². The highest BCUT2D eigenvalue weighted by molar-refractivity contribution is 5.77. The number of hydrogen-bond donors (Lipinski definition) is 0. The Balaban J connectivity index is 1.75. The van der Waals surface area contributed by atoms with E-state index in [1.165, 1.54) is 6.42 Å². The van der Waals surface area contributed by atoms with E-state index in [-0.39, 0.29) is 5.91 Å². The van der Waals surface area contributed by atoms with Crippen LogP contribution >= 0.6 is 0 Å². The van der Waals surface area contributed by atoms with Crippen molar-refractivity contribution in [2.75, 3.05) is 27.2 Å². The van der Waals surface area contributed by atoms with Gasteiger partial charge < -0.3 is 14.4 Å². The largest absolute Gasteiger partial charge is 0.339 e. The minimum atomic E-state index is 0.258. The zero-order valence-electron chi connectivity index (χ0n) is 12.9. The highest BCUT2D eigenvalue weighted by atomic mass is 16.2. The Kier molecular flexibility index (Phi) is 5.17. The number of carbonyl (C=O) groups excluding carboxylic acids is 1. The molecule has 1 aliphatic heterocycles. The van der Waals surface area contributed by atoms with Gasteiger partial charge in [-0.3, -0.25) is 4.79 Å². The van der Waals surface area contributed by atoms with Crippen LogP contribution < -0.4 is 0 Å². The molecule has 1 aromatic heterocycles. The molecule has 5 heteroatoms. The first-order valence-corrected chi connectivity index (χ1v) is 7.56. The van der Waals surface area contributed by atoms with E-state index in [4.69, 9.17) is 0 Å². The Labute approximate surface area is 121 Å². The molecule has 0 unspecified atom stereocenters. The minimum Gasteiger partial charge on any atom is -0.339 e. The van der Waals surface area contributed by atoms with Gasteiger partial charge in [0.1, 0.15) is 5.82 Å². The van der Waals surface area contributed by atoms with Gasteiger partial charge in [-0.15, -0.1) is 0 Å². The lowest BCUT2D eigenvalue weighted by atomic mass is 10.1. The third-order valence-electron chi connectivity index (χ3n) is 4.06. The zero-order valence-corrected chi connectivity index (χ0v) is 12.9. The van der Waals surface area contributed by atoms with Gasteiger partial charge >= 0.3 is 0 Å². The van der Waals surface area contributed by atoms with Crippen molar-refractivity contribution in [3.8, 4) is 0 Å². The number of likely N-dealkylation sites (tertiary alicyclic amines) is 1. The van der Waals surface area contributed by atoms with Crippen molar-refractivity contribution in [1.29, 1.82) is 0 Å². The summed E-state index contributed by atoms with van der Waals surface area (Å²) in [4.78, 5) is 20.6. The van der Waals surface area contributed by atoms with Gasteiger partial charge in [-0.2, -0.15) is 0 Å². The lowest BCUT2D eigenvalue weighted by Gasteiger charge is -2.42. The molecule has 1 fully saturated rings. The first kappa shape index (κ1) is 15.0. The minimum absolute atomic E-state index is 0.258. The molecule has 0 saturated carbocycles. The highest BCUT2D eigenvalue weighted by Crippen LogP contribution is 2.14. The molecular formula is C15H26N4O. The van der Waals surface area contributed by atoms with E-state index in [9.17, 15) is 4.79 Å². The van der Waals surface area contributed by atoms with E-state index in [2.05, 4.69) is 35.5 Å². The topological polar surface area (TPSA) is 41.4 Å². The quantitative estimate of drug-likeness (QED) is 0.757. The van der Waals surface area contributed by atoms with Crippen LogP contribution in [0, 0.1) is 0 Å². The number of unbranched alkanes of at least 4 members (excludes halogenated alkanes) is 1. The fourth-order valence-electron chi connectivity index (χ4n) is 2.46. The maximum atomic E-state index is 12.1. The smallest absolute Gasteiger partial charge is 0.223 e. The fourth-order valence-corrected chi connectivity index (χ4v) is 2.46. The van der Waals surface area contributed by atoms with Gasteiger partial charge in [0.15, 0.2) is 0 Å². The number of imidazole rings is 1. The molecule has 0 radical (unpaired) electrons. The molecule has 2 heterocycles. The summed E-state index contributed by atoms with van der Waals surface area (Å²) in [6, 6.07) is 0.533. The summed E-state index contributed by atoms with van der Waals surface area (Å²) in [6.07, 6.45) is 7.51. The summed E-state index contributed by atoms with van der Waals surface area (Å²) in [7, 11) is 4.13. The van der Waals surface area contributed by atoms with Crippen LogP contribution in [0.5, 0.6) is 0 Å². The van der Waals surface area contributed by atoms with Gasteiger partial charge in [0, 0.05) is 50.9 Å². The molecule has 1 saturated heterocycles. The molecule has 1 aromatic rings. The van der Waals surface area contributed by atoms with E-state index in [1.54, 1.807) is 0 Å². The van der Waals surface area contributed by atoms with E-state index in [1.807, 2.05) is 17.3 Å².